The number of methoxy groups -OCH3 is 1. The number of carbonyl (C=O) groups excluding carboxylic acids is 2. The average Bonchev–Trinajstić information content (AvgIpc) is 3.21. The number of rotatable bonds is 6. The predicted molar refractivity (Wildman–Crippen MR) is 112 cm³/mol. The molecular formula is C23H21NO4S. The molecule has 29 heavy (non-hydrogen) atoms. The largest absolute Gasteiger partial charge is 0.497 e. The molecule has 5 nitrogen and oxygen atoms in total. The van der Waals surface area contributed by atoms with Crippen molar-refractivity contribution in [2.24, 2.45) is 0 Å². The Bertz CT molecular complexity index is 1060. The Morgan fingerprint density at radius 2 is 1.86 bits per heavy atom. The summed E-state index contributed by atoms with van der Waals surface area (Å²) in [7, 11) is 1.60. The van der Waals surface area contributed by atoms with E-state index in [1.165, 1.54) is 28.0 Å². The van der Waals surface area contributed by atoms with E-state index < -0.39 is 5.97 Å². The second-order valence-electron chi connectivity index (χ2n) is 6.83. The normalized spacial score (nSPS) is 11.9. The third-order valence-corrected chi connectivity index (χ3v) is 6.08. The van der Waals surface area contributed by atoms with Crippen LogP contribution in [0.25, 0.3) is 10.4 Å². The molecule has 1 aromatic heterocycles. The third-order valence-electron chi connectivity index (χ3n) is 4.89. The lowest BCUT2D eigenvalue weighted by Crippen LogP contribution is -2.28. The Morgan fingerprint density at radius 1 is 1.03 bits per heavy atom. The molecule has 4 rings (SSSR count). The van der Waals surface area contributed by atoms with Crippen molar-refractivity contribution in [3.63, 3.8) is 0 Å². The molecule has 0 atom stereocenters. The van der Waals surface area contributed by atoms with Crippen LogP contribution in [-0.2, 0) is 28.9 Å². The van der Waals surface area contributed by atoms with E-state index >= 15 is 0 Å². The van der Waals surface area contributed by atoms with Crippen molar-refractivity contribution in [1.29, 1.82) is 0 Å². The van der Waals surface area contributed by atoms with Crippen LogP contribution in [0, 0.1) is 0 Å². The number of carbonyl (C=O) groups is 2. The quantitative estimate of drug-likeness (QED) is 0.628. The van der Waals surface area contributed by atoms with Crippen LogP contribution in [0.2, 0.25) is 0 Å². The van der Waals surface area contributed by atoms with Gasteiger partial charge in [-0.2, -0.15) is 0 Å². The zero-order valence-electron chi connectivity index (χ0n) is 16.1. The van der Waals surface area contributed by atoms with Gasteiger partial charge in [-0.15, -0.1) is 11.3 Å². The zero-order chi connectivity index (χ0) is 20.2. The molecule has 0 saturated carbocycles. The molecule has 0 bridgehead atoms. The van der Waals surface area contributed by atoms with Crippen LogP contribution >= 0.6 is 11.3 Å². The maximum Gasteiger partial charge on any atom is 0.348 e. The Balaban J connectivity index is 1.33. The average molecular weight is 407 g/mol. The molecule has 0 saturated heterocycles. The van der Waals surface area contributed by atoms with Gasteiger partial charge in [0.1, 0.15) is 10.6 Å². The first-order chi connectivity index (χ1) is 14.1. The summed E-state index contributed by atoms with van der Waals surface area (Å²) in [6.45, 7) is 0.0413. The number of ether oxygens (including phenoxy) is 2. The molecule has 0 radical (unpaired) electrons. The summed E-state index contributed by atoms with van der Waals surface area (Å²) in [6, 6.07) is 17.6. The van der Waals surface area contributed by atoms with Crippen molar-refractivity contribution < 1.29 is 19.1 Å². The molecule has 6 heteroatoms. The number of fused-ring (bicyclic) bond motifs is 3. The third kappa shape index (κ3) is 4.32. The molecule has 148 valence electrons. The SMILES string of the molecule is COc1cccc(CNC(=O)COC(=O)c2cc3c(s2)-c2ccccc2CC3)c1. The highest BCUT2D eigenvalue weighted by atomic mass is 32.1. The van der Waals surface area contributed by atoms with Gasteiger partial charge in [-0.3, -0.25) is 4.79 Å². The summed E-state index contributed by atoms with van der Waals surface area (Å²) in [6.07, 6.45) is 1.89. The van der Waals surface area contributed by atoms with Gasteiger partial charge in [0.2, 0.25) is 0 Å². The lowest BCUT2D eigenvalue weighted by atomic mass is 9.91. The minimum Gasteiger partial charge on any atom is -0.497 e. The number of esters is 1. The smallest absolute Gasteiger partial charge is 0.348 e. The van der Waals surface area contributed by atoms with Crippen LogP contribution in [0.5, 0.6) is 5.75 Å². The molecule has 1 amide bonds. The number of amides is 1. The van der Waals surface area contributed by atoms with Crippen LogP contribution in [0.1, 0.15) is 26.4 Å². The van der Waals surface area contributed by atoms with Gasteiger partial charge < -0.3 is 14.8 Å². The monoisotopic (exact) mass is 407 g/mol. The first-order valence-electron chi connectivity index (χ1n) is 9.42. The van der Waals surface area contributed by atoms with Crippen molar-refractivity contribution in [3.8, 4) is 16.2 Å². The second-order valence-corrected chi connectivity index (χ2v) is 7.88. The van der Waals surface area contributed by atoms with Gasteiger partial charge in [-0.05, 0) is 53.3 Å². The van der Waals surface area contributed by atoms with Crippen molar-refractivity contribution >= 4 is 23.2 Å². The van der Waals surface area contributed by atoms with E-state index in [-0.39, 0.29) is 12.5 Å². The summed E-state index contributed by atoms with van der Waals surface area (Å²) in [4.78, 5) is 26.1. The molecule has 0 fully saturated rings. The van der Waals surface area contributed by atoms with Gasteiger partial charge in [0, 0.05) is 11.4 Å². The summed E-state index contributed by atoms with van der Waals surface area (Å²) in [5.74, 6) is -0.0716. The van der Waals surface area contributed by atoms with Crippen molar-refractivity contribution in [2.45, 2.75) is 19.4 Å². The number of hydrogen-bond donors (Lipinski definition) is 1. The minimum absolute atomic E-state index is 0.304. The van der Waals surface area contributed by atoms with Crippen LogP contribution in [0.3, 0.4) is 0 Å². The maximum atomic E-state index is 12.4. The highest BCUT2D eigenvalue weighted by molar-refractivity contribution is 7.17. The Hall–Kier alpha value is -3.12. The first-order valence-corrected chi connectivity index (χ1v) is 10.2. The van der Waals surface area contributed by atoms with E-state index in [2.05, 4.69) is 17.4 Å². The highest BCUT2D eigenvalue weighted by Gasteiger charge is 2.22. The lowest BCUT2D eigenvalue weighted by Gasteiger charge is -2.15. The van der Waals surface area contributed by atoms with Gasteiger partial charge in [0.15, 0.2) is 6.61 Å². The van der Waals surface area contributed by atoms with Crippen LogP contribution in [0.4, 0.5) is 0 Å². The Morgan fingerprint density at radius 3 is 2.72 bits per heavy atom. The van der Waals surface area contributed by atoms with E-state index in [0.717, 1.165) is 29.0 Å². The topological polar surface area (TPSA) is 64.6 Å². The standard InChI is InChI=1S/C23H21NO4S/c1-27-18-7-4-5-15(11-18)13-24-21(25)14-28-23(26)20-12-17-10-9-16-6-2-3-8-19(16)22(17)29-20/h2-8,11-12H,9-10,13-14H2,1H3,(H,24,25). The Kier molecular flexibility index (Phi) is 5.62. The van der Waals surface area contributed by atoms with E-state index in [4.69, 9.17) is 9.47 Å². The van der Waals surface area contributed by atoms with E-state index in [0.29, 0.717) is 11.4 Å². The number of hydrogen-bond acceptors (Lipinski definition) is 5. The van der Waals surface area contributed by atoms with Crippen molar-refractivity contribution in [3.05, 3.63) is 76.2 Å². The van der Waals surface area contributed by atoms with Gasteiger partial charge in [-0.1, -0.05) is 36.4 Å². The van der Waals surface area contributed by atoms with Crippen LogP contribution in [-0.4, -0.2) is 25.6 Å². The maximum absolute atomic E-state index is 12.4. The Labute approximate surface area is 173 Å². The molecule has 0 aliphatic heterocycles. The molecule has 3 aromatic rings. The minimum atomic E-state index is -0.460. The number of nitrogens with one attached hydrogen (secondary N) is 1. The van der Waals surface area contributed by atoms with Crippen LogP contribution < -0.4 is 10.1 Å². The summed E-state index contributed by atoms with van der Waals surface area (Å²) in [5, 5.41) is 2.75. The molecular weight excluding hydrogens is 386 g/mol. The molecule has 2 aromatic carbocycles. The van der Waals surface area contributed by atoms with Crippen molar-refractivity contribution in [2.75, 3.05) is 13.7 Å². The van der Waals surface area contributed by atoms with Gasteiger partial charge in [0.25, 0.3) is 5.91 Å². The number of thiophene rings is 1. The fourth-order valence-electron chi connectivity index (χ4n) is 3.41. The summed E-state index contributed by atoms with van der Waals surface area (Å²) in [5.41, 5.74) is 4.57. The molecule has 1 aliphatic rings. The fourth-order valence-corrected chi connectivity index (χ4v) is 4.57. The van der Waals surface area contributed by atoms with E-state index in [9.17, 15) is 9.59 Å². The highest BCUT2D eigenvalue weighted by Crippen LogP contribution is 2.39. The predicted octanol–water partition coefficient (Wildman–Crippen LogP) is 4.00. The zero-order valence-corrected chi connectivity index (χ0v) is 16.9. The summed E-state index contributed by atoms with van der Waals surface area (Å²) < 4.78 is 10.4. The summed E-state index contributed by atoms with van der Waals surface area (Å²) >= 11 is 1.43. The second kappa shape index (κ2) is 8.49. The van der Waals surface area contributed by atoms with Crippen molar-refractivity contribution in [1.82, 2.24) is 5.32 Å². The number of aryl methyl sites for hydroxylation is 2. The van der Waals surface area contributed by atoms with Gasteiger partial charge >= 0.3 is 5.97 Å². The van der Waals surface area contributed by atoms with E-state index in [1.807, 2.05) is 42.5 Å². The van der Waals surface area contributed by atoms with Gasteiger partial charge in [0.05, 0.1) is 7.11 Å². The lowest BCUT2D eigenvalue weighted by molar-refractivity contribution is -0.124. The molecule has 1 aliphatic carbocycles. The molecule has 1 heterocycles. The molecule has 0 unspecified atom stereocenters. The number of benzene rings is 2. The fraction of sp³-hybridized carbons (Fsp3) is 0.217. The van der Waals surface area contributed by atoms with Gasteiger partial charge in [-0.25, -0.2) is 4.79 Å². The molecule has 0 spiro atoms. The molecule has 1 N–H and O–H groups in total. The van der Waals surface area contributed by atoms with E-state index in [1.54, 1.807) is 7.11 Å². The van der Waals surface area contributed by atoms with Crippen LogP contribution in [0.15, 0.2) is 54.6 Å². The first kappa shape index (κ1) is 19.2.